The van der Waals surface area contributed by atoms with Crippen LogP contribution in [-0.2, 0) is 14.3 Å². The van der Waals surface area contributed by atoms with Gasteiger partial charge in [-0.3, -0.25) is 9.59 Å². The van der Waals surface area contributed by atoms with Gasteiger partial charge in [0.1, 0.15) is 6.04 Å². The highest BCUT2D eigenvalue weighted by atomic mass is 35.5. The van der Waals surface area contributed by atoms with Gasteiger partial charge in [0, 0.05) is 30.9 Å². The molecule has 0 aromatic heterocycles. The molecule has 2 amide bonds. The maximum atomic E-state index is 12.6. The Kier molecular flexibility index (Phi) is 7.40. The highest BCUT2D eigenvalue weighted by Gasteiger charge is 2.26. The Morgan fingerprint density at radius 1 is 1.15 bits per heavy atom. The van der Waals surface area contributed by atoms with Crippen molar-refractivity contribution in [1.82, 2.24) is 10.2 Å². The number of carbonyl (C=O) groups excluding carboxylic acids is 2. The van der Waals surface area contributed by atoms with E-state index < -0.39 is 0 Å². The fourth-order valence-corrected chi connectivity index (χ4v) is 3.19. The zero-order chi connectivity index (χ0) is 17.8. The molecular formula is C18H26ClN3O4. The van der Waals surface area contributed by atoms with E-state index in [0.29, 0.717) is 44.1 Å². The van der Waals surface area contributed by atoms with Crippen LogP contribution in [-0.4, -0.2) is 67.8 Å². The molecule has 0 aliphatic carbocycles. The first-order chi connectivity index (χ1) is 12.0. The summed E-state index contributed by atoms with van der Waals surface area (Å²) in [6.45, 7) is 6.79. The second-order valence-corrected chi connectivity index (χ2v) is 6.62. The van der Waals surface area contributed by atoms with Gasteiger partial charge in [0.2, 0.25) is 5.91 Å². The topological polar surface area (TPSA) is 79.9 Å². The van der Waals surface area contributed by atoms with Crippen LogP contribution in [0.1, 0.15) is 24.2 Å². The fraction of sp³-hybridized carbons (Fsp3) is 0.556. The quantitative estimate of drug-likeness (QED) is 0.822. The first-order valence-corrected chi connectivity index (χ1v) is 8.69. The van der Waals surface area contributed by atoms with E-state index in [1.807, 2.05) is 18.7 Å². The first-order valence-electron chi connectivity index (χ1n) is 8.69. The van der Waals surface area contributed by atoms with Crippen LogP contribution >= 0.6 is 12.4 Å². The second-order valence-electron chi connectivity index (χ2n) is 6.62. The molecule has 2 N–H and O–H groups in total. The van der Waals surface area contributed by atoms with Crippen molar-refractivity contribution < 1.29 is 19.1 Å². The number of anilines is 1. The standard InChI is InChI=1S/C18H25N3O4.ClH/c1-12-9-21(10-13(2)25-12)18(23)14-3-5-15(6-4-14)20-17(22)16-11-24-8-7-19-16;/h3-6,12-13,16,19H,7-11H2,1-2H3,(H,20,22);1H. The number of rotatable bonds is 3. The molecule has 0 saturated carbocycles. The maximum Gasteiger partial charge on any atom is 0.254 e. The van der Waals surface area contributed by atoms with E-state index in [1.165, 1.54) is 0 Å². The molecule has 144 valence electrons. The van der Waals surface area contributed by atoms with Crippen molar-refractivity contribution in [1.29, 1.82) is 0 Å². The summed E-state index contributed by atoms with van der Waals surface area (Å²) >= 11 is 0. The lowest BCUT2D eigenvalue weighted by Crippen LogP contribution is -2.48. The molecule has 2 heterocycles. The molecule has 3 rings (SSSR count). The van der Waals surface area contributed by atoms with Crippen LogP contribution in [0.4, 0.5) is 5.69 Å². The Morgan fingerprint density at radius 2 is 1.81 bits per heavy atom. The number of morpholine rings is 2. The van der Waals surface area contributed by atoms with Gasteiger partial charge in [-0.25, -0.2) is 0 Å². The minimum absolute atomic E-state index is 0. The van der Waals surface area contributed by atoms with Crippen LogP contribution in [0.2, 0.25) is 0 Å². The largest absolute Gasteiger partial charge is 0.378 e. The predicted molar refractivity (Wildman–Crippen MR) is 101 cm³/mol. The smallest absolute Gasteiger partial charge is 0.254 e. The van der Waals surface area contributed by atoms with Crippen molar-refractivity contribution in [3.63, 3.8) is 0 Å². The Balaban J connectivity index is 0.00000243. The number of carbonyl (C=O) groups is 2. The number of nitrogens with one attached hydrogen (secondary N) is 2. The lowest BCUT2D eigenvalue weighted by molar-refractivity contribution is -0.120. The fourth-order valence-electron chi connectivity index (χ4n) is 3.19. The predicted octanol–water partition coefficient (Wildman–Crippen LogP) is 1.28. The molecule has 1 aromatic rings. The number of hydrogen-bond donors (Lipinski definition) is 2. The third kappa shape index (κ3) is 5.17. The van der Waals surface area contributed by atoms with Crippen LogP contribution in [0.5, 0.6) is 0 Å². The summed E-state index contributed by atoms with van der Waals surface area (Å²) in [5.41, 5.74) is 1.27. The molecule has 2 aliphatic rings. The molecule has 2 saturated heterocycles. The Bertz CT molecular complexity index is 609. The number of halogens is 1. The summed E-state index contributed by atoms with van der Waals surface area (Å²) in [6, 6.07) is 6.65. The lowest BCUT2D eigenvalue weighted by atomic mass is 10.1. The summed E-state index contributed by atoms with van der Waals surface area (Å²) in [5.74, 6) is -0.142. The molecule has 8 heteroatoms. The molecule has 0 bridgehead atoms. The van der Waals surface area contributed by atoms with Crippen LogP contribution in [0.3, 0.4) is 0 Å². The van der Waals surface area contributed by atoms with E-state index >= 15 is 0 Å². The van der Waals surface area contributed by atoms with Gasteiger partial charge in [0.25, 0.3) is 5.91 Å². The summed E-state index contributed by atoms with van der Waals surface area (Å²) in [6.07, 6.45) is 0.0768. The van der Waals surface area contributed by atoms with E-state index in [2.05, 4.69) is 10.6 Å². The lowest BCUT2D eigenvalue weighted by Gasteiger charge is -2.35. The van der Waals surface area contributed by atoms with E-state index in [4.69, 9.17) is 9.47 Å². The van der Waals surface area contributed by atoms with Crippen molar-refractivity contribution in [3.8, 4) is 0 Å². The molecule has 3 unspecified atom stereocenters. The number of nitrogens with zero attached hydrogens (tertiary/aromatic N) is 1. The summed E-state index contributed by atoms with van der Waals surface area (Å²) in [4.78, 5) is 26.6. The van der Waals surface area contributed by atoms with Gasteiger partial charge in [0.15, 0.2) is 0 Å². The van der Waals surface area contributed by atoms with Gasteiger partial charge in [-0.1, -0.05) is 0 Å². The first kappa shape index (κ1) is 20.6. The monoisotopic (exact) mass is 383 g/mol. The Morgan fingerprint density at radius 3 is 2.38 bits per heavy atom. The van der Waals surface area contributed by atoms with Crippen molar-refractivity contribution in [3.05, 3.63) is 29.8 Å². The minimum atomic E-state index is -0.341. The zero-order valence-electron chi connectivity index (χ0n) is 15.1. The van der Waals surface area contributed by atoms with Gasteiger partial charge < -0.3 is 25.0 Å². The highest BCUT2D eigenvalue weighted by Crippen LogP contribution is 2.16. The number of ether oxygens (including phenoxy) is 2. The number of amides is 2. The molecule has 3 atom stereocenters. The van der Waals surface area contributed by atoms with Crippen LogP contribution in [0.25, 0.3) is 0 Å². The average molecular weight is 384 g/mol. The van der Waals surface area contributed by atoms with Gasteiger partial charge in [-0.05, 0) is 38.1 Å². The third-order valence-corrected chi connectivity index (χ3v) is 4.34. The molecule has 2 fully saturated rings. The maximum absolute atomic E-state index is 12.6. The van der Waals surface area contributed by atoms with Crippen LogP contribution in [0.15, 0.2) is 24.3 Å². The zero-order valence-corrected chi connectivity index (χ0v) is 15.9. The van der Waals surface area contributed by atoms with Gasteiger partial charge in [0.05, 0.1) is 25.4 Å². The molecule has 0 radical (unpaired) electrons. The normalized spacial score (nSPS) is 25.9. The van der Waals surface area contributed by atoms with Gasteiger partial charge >= 0.3 is 0 Å². The molecule has 7 nitrogen and oxygen atoms in total. The van der Waals surface area contributed by atoms with Gasteiger partial charge in [-0.15, -0.1) is 12.4 Å². The van der Waals surface area contributed by atoms with Crippen LogP contribution < -0.4 is 10.6 Å². The molecule has 0 spiro atoms. The second kappa shape index (κ2) is 9.32. The Labute approximate surface area is 159 Å². The van der Waals surface area contributed by atoms with Crippen molar-refractivity contribution in [2.45, 2.75) is 32.1 Å². The van der Waals surface area contributed by atoms with Crippen molar-refractivity contribution >= 4 is 29.9 Å². The number of hydrogen-bond acceptors (Lipinski definition) is 5. The van der Waals surface area contributed by atoms with E-state index in [-0.39, 0.29) is 42.5 Å². The minimum Gasteiger partial charge on any atom is -0.378 e. The van der Waals surface area contributed by atoms with E-state index in [1.54, 1.807) is 24.3 Å². The summed E-state index contributed by atoms with van der Waals surface area (Å²) < 4.78 is 11.0. The summed E-state index contributed by atoms with van der Waals surface area (Å²) in [7, 11) is 0. The summed E-state index contributed by atoms with van der Waals surface area (Å²) in [5, 5.41) is 5.96. The van der Waals surface area contributed by atoms with Crippen LogP contribution in [0, 0.1) is 0 Å². The molecule has 26 heavy (non-hydrogen) atoms. The van der Waals surface area contributed by atoms with E-state index in [9.17, 15) is 9.59 Å². The van der Waals surface area contributed by atoms with Crippen molar-refractivity contribution in [2.24, 2.45) is 0 Å². The number of benzene rings is 1. The third-order valence-electron chi connectivity index (χ3n) is 4.34. The van der Waals surface area contributed by atoms with E-state index in [0.717, 1.165) is 0 Å². The molecule has 1 aromatic carbocycles. The molecule has 2 aliphatic heterocycles. The van der Waals surface area contributed by atoms with Gasteiger partial charge in [-0.2, -0.15) is 0 Å². The van der Waals surface area contributed by atoms with Crippen molar-refractivity contribution in [2.75, 3.05) is 38.2 Å². The molecular weight excluding hydrogens is 358 g/mol. The SMILES string of the molecule is CC1CN(C(=O)c2ccc(NC(=O)C3COCCN3)cc2)CC(C)O1.Cl. The highest BCUT2D eigenvalue weighted by molar-refractivity contribution is 5.97. The Hall–Kier alpha value is -1.67. The average Bonchev–Trinajstić information content (AvgIpc) is 2.61.